The van der Waals surface area contributed by atoms with Crippen LogP contribution in [0, 0.1) is 11.8 Å². The molecular formula is C25H44O8Si. The highest BCUT2D eigenvalue weighted by Crippen LogP contribution is 2.56. The normalized spacial score (nSPS) is 44.9. The molecule has 2 N–H and O–H groups in total. The summed E-state index contributed by atoms with van der Waals surface area (Å²) in [6.45, 7) is 17.8. The number of ether oxygens (including phenoxy) is 3. The topological polar surface area (TPSA) is 104 Å². The van der Waals surface area contributed by atoms with Crippen molar-refractivity contribution < 1.29 is 38.1 Å². The number of carboxylic acids is 1. The Bertz CT molecular complexity index is 762. The number of carbonyl (C=O) groups is 1. The molecule has 0 saturated carbocycles. The van der Waals surface area contributed by atoms with Crippen LogP contribution in [-0.2, 0) is 27.9 Å². The van der Waals surface area contributed by atoms with Crippen LogP contribution in [0.5, 0.6) is 0 Å². The summed E-state index contributed by atoms with van der Waals surface area (Å²) in [5, 5.41) is 19.7. The maximum atomic E-state index is 11.4. The number of fused-ring (bicyclic) bond motifs is 2. The molecule has 4 fully saturated rings. The SMILES string of the molecule is C[C@H]1C[C@@]2(C[C@H](C)[C@@H]3O[C@@H]4CO[Si](C(C)(C)C)(C(C)(C)C)O[C@@H]4C[C@@H]3O2)O[C@@H](CC(=O)O)[C@H]1O. The second kappa shape index (κ2) is 8.78. The molecule has 0 unspecified atom stereocenters. The van der Waals surface area contributed by atoms with Crippen LogP contribution >= 0.6 is 0 Å². The summed E-state index contributed by atoms with van der Waals surface area (Å²) in [7, 11) is -2.63. The summed E-state index contributed by atoms with van der Waals surface area (Å²) < 4.78 is 33.0. The quantitative estimate of drug-likeness (QED) is 0.549. The molecule has 9 heteroatoms. The monoisotopic (exact) mass is 500 g/mol. The number of aliphatic carboxylic acids is 1. The van der Waals surface area contributed by atoms with E-state index in [-0.39, 0.29) is 52.7 Å². The lowest BCUT2D eigenvalue weighted by Gasteiger charge is -2.59. The Kier molecular flexibility index (Phi) is 6.85. The van der Waals surface area contributed by atoms with Gasteiger partial charge in [-0.1, -0.05) is 55.4 Å². The molecule has 4 saturated heterocycles. The molecule has 0 aromatic rings. The zero-order valence-electron chi connectivity index (χ0n) is 22.0. The number of rotatable bonds is 2. The van der Waals surface area contributed by atoms with Crippen molar-refractivity contribution in [1.29, 1.82) is 0 Å². The highest BCUT2D eigenvalue weighted by Gasteiger charge is 2.64. The summed E-state index contributed by atoms with van der Waals surface area (Å²) in [6, 6.07) is 0. The van der Waals surface area contributed by atoms with Crippen LogP contribution in [0.3, 0.4) is 0 Å². The van der Waals surface area contributed by atoms with Crippen LogP contribution < -0.4 is 0 Å². The molecule has 8 nitrogen and oxygen atoms in total. The van der Waals surface area contributed by atoms with Crippen LogP contribution in [0.2, 0.25) is 10.1 Å². The molecule has 0 aliphatic carbocycles. The van der Waals surface area contributed by atoms with Gasteiger partial charge in [-0.25, -0.2) is 0 Å². The van der Waals surface area contributed by atoms with Crippen LogP contribution in [0.25, 0.3) is 0 Å². The molecule has 0 aromatic carbocycles. The summed E-state index contributed by atoms with van der Waals surface area (Å²) >= 11 is 0. The third-order valence-corrected chi connectivity index (χ3v) is 13.4. The highest BCUT2D eigenvalue weighted by molar-refractivity contribution is 6.73. The molecule has 4 aliphatic rings. The Morgan fingerprint density at radius 2 is 1.59 bits per heavy atom. The van der Waals surface area contributed by atoms with Crippen LogP contribution in [0.4, 0.5) is 0 Å². The molecular weight excluding hydrogens is 456 g/mol. The molecule has 9 atom stereocenters. The van der Waals surface area contributed by atoms with E-state index in [2.05, 4.69) is 48.5 Å². The van der Waals surface area contributed by atoms with Gasteiger partial charge >= 0.3 is 14.5 Å². The van der Waals surface area contributed by atoms with E-state index in [0.717, 1.165) is 0 Å². The predicted molar refractivity (Wildman–Crippen MR) is 128 cm³/mol. The molecule has 0 amide bonds. The fourth-order valence-corrected chi connectivity index (χ4v) is 11.9. The average molecular weight is 501 g/mol. The van der Waals surface area contributed by atoms with Gasteiger partial charge < -0.3 is 33.3 Å². The number of carboxylic acid groups (broad SMARTS) is 1. The molecule has 4 aliphatic heterocycles. The third kappa shape index (κ3) is 4.50. The minimum atomic E-state index is -2.63. The molecule has 4 heterocycles. The van der Waals surface area contributed by atoms with Gasteiger partial charge in [0, 0.05) is 29.3 Å². The predicted octanol–water partition coefficient (Wildman–Crippen LogP) is 3.98. The summed E-state index contributed by atoms with van der Waals surface area (Å²) in [4.78, 5) is 11.4. The van der Waals surface area contributed by atoms with E-state index in [4.69, 9.17) is 23.1 Å². The second-order valence-electron chi connectivity index (χ2n) is 13.1. The van der Waals surface area contributed by atoms with E-state index >= 15 is 0 Å². The molecule has 196 valence electrons. The largest absolute Gasteiger partial charge is 0.481 e. The van der Waals surface area contributed by atoms with Gasteiger partial charge in [-0.05, 0) is 11.8 Å². The average Bonchev–Trinajstić information content (AvgIpc) is 2.68. The van der Waals surface area contributed by atoms with Gasteiger partial charge in [-0.15, -0.1) is 0 Å². The first-order valence-corrected chi connectivity index (χ1v) is 14.6. The molecule has 0 radical (unpaired) electrons. The van der Waals surface area contributed by atoms with Crippen molar-refractivity contribution in [1.82, 2.24) is 0 Å². The van der Waals surface area contributed by atoms with E-state index in [1.54, 1.807) is 0 Å². The maximum Gasteiger partial charge on any atom is 0.349 e. The first-order valence-electron chi connectivity index (χ1n) is 12.8. The standard InChI is InChI=1S/C25H44O8Si/c1-14-11-25(31-17(21(14)28)10-20(26)27)12-15(2)22-18(32-25)9-16-19(30-22)13-29-34(33-16,23(3,4)5)24(6,7)8/h14-19,21-22,28H,9-13H2,1-8H3,(H,26,27)/t14-,15-,16+,17-,18-,19+,21-,22-,25+/m0/s1. The third-order valence-electron chi connectivity index (χ3n) is 8.22. The molecule has 0 bridgehead atoms. The number of hydrogen-bond acceptors (Lipinski definition) is 7. The van der Waals surface area contributed by atoms with E-state index in [1.165, 1.54) is 0 Å². The Morgan fingerprint density at radius 3 is 2.18 bits per heavy atom. The van der Waals surface area contributed by atoms with Crippen molar-refractivity contribution in [2.75, 3.05) is 6.61 Å². The fourth-order valence-electron chi connectivity index (χ4n) is 6.98. The Labute approximate surface area is 204 Å². The lowest BCUT2D eigenvalue weighted by atomic mass is 9.78. The van der Waals surface area contributed by atoms with E-state index in [9.17, 15) is 15.0 Å². The number of aliphatic hydroxyl groups is 1. The minimum Gasteiger partial charge on any atom is -0.481 e. The van der Waals surface area contributed by atoms with Gasteiger partial charge in [0.05, 0.1) is 43.5 Å². The number of aliphatic hydroxyl groups excluding tert-OH is 1. The van der Waals surface area contributed by atoms with Crippen molar-refractivity contribution in [2.24, 2.45) is 11.8 Å². The first-order chi connectivity index (χ1) is 15.6. The Hall–Kier alpha value is -0.553. The minimum absolute atomic E-state index is 0.0961. The molecule has 4 rings (SSSR count). The van der Waals surface area contributed by atoms with E-state index < -0.39 is 32.5 Å². The second-order valence-corrected chi connectivity index (χ2v) is 17.9. The van der Waals surface area contributed by atoms with Crippen molar-refractivity contribution in [3.8, 4) is 0 Å². The smallest absolute Gasteiger partial charge is 0.349 e. The summed E-state index contributed by atoms with van der Waals surface area (Å²) in [5.41, 5.74) is 0. The lowest BCUT2D eigenvalue weighted by Crippen LogP contribution is -2.69. The van der Waals surface area contributed by atoms with Gasteiger partial charge in [-0.2, -0.15) is 0 Å². The molecule has 1 spiro atoms. The van der Waals surface area contributed by atoms with Crippen molar-refractivity contribution >= 4 is 14.5 Å². The van der Waals surface area contributed by atoms with Gasteiger partial charge in [0.1, 0.15) is 6.10 Å². The summed E-state index contributed by atoms with van der Waals surface area (Å²) in [5.74, 6) is -1.87. The van der Waals surface area contributed by atoms with Gasteiger partial charge in [0.15, 0.2) is 5.79 Å². The van der Waals surface area contributed by atoms with Crippen molar-refractivity contribution in [2.45, 2.75) is 134 Å². The van der Waals surface area contributed by atoms with Gasteiger partial charge in [0.25, 0.3) is 0 Å². The van der Waals surface area contributed by atoms with Crippen LogP contribution in [-0.4, -0.2) is 73.8 Å². The Morgan fingerprint density at radius 1 is 0.971 bits per heavy atom. The van der Waals surface area contributed by atoms with Crippen molar-refractivity contribution in [3.63, 3.8) is 0 Å². The van der Waals surface area contributed by atoms with Crippen molar-refractivity contribution in [3.05, 3.63) is 0 Å². The number of hydrogen-bond donors (Lipinski definition) is 2. The molecule has 34 heavy (non-hydrogen) atoms. The zero-order chi connectivity index (χ0) is 25.3. The van der Waals surface area contributed by atoms with Gasteiger partial charge in [0.2, 0.25) is 0 Å². The van der Waals surface area contributed by atoms with Gasteiger partial charge in [-0.3, -0.25) is 4.79 Å². The first kappa shape index (κ1) is 26.5. The Balaban J connectivity index is 1.56. The zero-order valence-corrected chi connectivity index (χ0v) is 23.0. The highest BCUT2D eigenvalue weighted by atomic mass is 28.4. The molecule has 0 aromatic heterocycles. The fraction of sp³-hybridized carbons (Fsp3) is 0.960. The maximum absolute atomic E-state index is 11.4. The summed E-state index contributed by atoms with van der Waals surface area (Å²) in [6.07, 6.45) is -0.603. The van der Waals surface area contributed by atoms with Crippen LogP contribution in [0.15, 0.2) is 0 Å². The van der Waals surface area contributed by atoms with E-state index in [0.29, 0.717) is 25.9 Å². The van der Waals surface area contributed by atoms with E-state index in [1.807, 2.05) is 6.92 Å². The lowest BCUT2D eigenvalue weighted by molar-refractivity contribution is -0.377. The van der Waals surface area contributed by atoms with Crippen LogP contribution in [0.1, 0.15) is 81.1 Å².